The second-order valence-electron chi connectivity index (χ2n) is 5.04. The van der Waals surface area contributed by atoms with E-state index >= 15 is 0 Å². The van der Waals surface area contributed by atoms with Crippen molar-refractivity contribution in [1.82, 2.24) is 0 Å². The normalized spacial score (nSPS) is 37.5. The number of hydrogen-bond donors (Lipinski definition) is 3. The average molecular weight is 264 g/mol. The van der Waals surface area contributed by atoms with E-state index in [9.17, 15) is 15.3 Å². The van der Waals surface area contributed by atoms with Gasteiger partial charge in [0, 0.05) is 0 Å². The highest BCUT2D eigenvalue weighted by molar-refractivity contribution is 4.90. The lowest BCUT2D eigenvalue weighted by Crippen LogP contribution is -2.60. The van der Waals surface area contributed by atoms with Crippen molar-refractivity contribution in [2.75, 3.05) is 6.61 Å². The number of hydrogen-bond acceptors (Lipinski definition) is 6. The molecule has 1 saturated heterocycles. The molecule has 3 N–H and O–H groups in total. The van der Waals surface area contributed by atoms with Gasteiger partial charge in [-0.25, -0.2) is 0 Å². The lowest BCUT2D eigenvalue weighted by Gasteiger charge is -2.42. The lowest BCUT2D eigenvalue weighted by atomic mass is 9.98. The molecule has 1 fully saturated rings. The van der Waals surface area contributed by atoms with E-state index in [1.807, 2.05) is 13.8 Å². The Bertz CT molecular complexity index is 245. The van der Waals surface area contributed by atoms with E-state index < -0.39 is 30.7 Å². The van der Waals surface area contributed by atoms with Gasteiger partial charge in [-0.3, -0.25) is 0 Å². The number of ether oxygens (including phenoxy) is 3. The summed E-state index contributed by atoms with van der Waals surface area (Å²) in [7, 11) is 0. The topological polar surface area (TPSA) is 88.4 Å². The minimum Gasteiger partial charge on any atom is -0.394 e. The van der Waals surface area contributed by atoms with Crippen molar-refractivity contribution < 1.29 is 29.5 Å². The fraction of sp³-hybridized carbons (Fsp3) is 1.00. The van der Waals surface area contributed by atoms with Gasteiger partial charge in [-0.2, -0.15) is 0 Å². The van der Waals surface area contributed by atoms with Crippen LogP contribution in [0.1, 0.15) is 27.7 Å². The standard InChI is InChI=1S/C12H24O6/c1-6(2)16-11-9(14)8(5-13)18-12(10(11)15)17-7(3)4/h6-15H,5H2,1-4H3. The van der Waals surface area contributed by atoms with Crippen molar-refractivity contribution in [3.8, 4) is 0 Å². The summed E-state index contributed by atoms with van der Waals surface area (Å²) in [6.07, 6.45) is -5.03. The van der Waals surface area contributed by atoms with Crippen LogP contribution in [0, 0.1) is 0 Å². The summed E-state index contributed by atoms with van der Waals surface area (Å²) < 4.78 is 16.2. The van der Waals surface area contributed by atoms with Crippen LogP contribution < -0.4 is 0 Å². The van der Waals surface area contributed by atoms with Crippen LogP contribution in [0.4, 0.5) is 0 Å². The molecule has 5 atom stereocenters. The smallest absolute Gasteiger partial charge is 0.186 e. The van der Waals surface area contributed by atoms with Gasteiger partial charge in [-0.15, -0.1) is 0 Å². The molecule has 18 heavy (non-hydrogen) atoms. The zero-order valence-electron chi connectivity index (χ0n) is 11.3. The summed E-state index contributed by atoms with van der Waals surface area (Å²) in [5, 5.41) is 29.2. The van der Waals surface area contributed by atoms with Gasteiger partial charge in [0.1, 0.15) is 24.4 Å². The maximum Gasteiger partial charge on any atom is 0.186 e. The summed E-state index contributed by atoms with van der Waals surface area (Å²) in [5.74, 6) is 0. The molecule has 0 saturated carbocycles. The molecule has 1 rings (SSSR count). The van der Waals surface area contributed by atoms with Gasteiger partial charge in [0.25, 0.3) is 0 Å². The SMILES string of the molecule is CC(C)OC1OC(CO)C(O)C(OC(C)C)C1O. The maximum atomic E-state index is 10.1. The average Bonchev–Trinajstić information content (AvgIpc) is 2.27. The molecule has 0 aliphatic carbocycles. The van der Waals surface area contributed by atoms with Crippen molar-refractivity contribution in [3.05, 3.63) is 0 Å². The Morgan fingerprint density at radius 1 is 1.00 bits per heavy atom. The summed E-state index contributed by atoms with van der Waals surface area (Å²) in [6, 6.07) is 0. The van der Waals surface area contributed by atoms with Gasteiger partial charge in [-0.1, -0.05) is 0 Å². The fourth-order valence-corrected chi connectivity index (χ4v) is 1.91. The van der Waals surface area contributed by atoms with Crippen LogP contribution in [0.5, 0.6) is 0 Å². The number of rotatable bonds is 5. The van der Waals surface area contributed by atoms with Crippen molar-refractivity contribution >= 4 is 0 Å². The van der Waals surface area contributed by atoms with E-state index in [1.54, 1.807) is 13.8 Å². The Hall–Kier alpha value is -0.240. The van der Waals surface area contributed by atoms with E-state index in [4.69, 9.17) is 14.2 Å². The molecular formula is C12H24O6. The van der Waals surface area contributed by atoms with Gasteiger partial charge in [0.2, 0.25) is 0 Å². The highest BCUT2D eigenvalue weighted by Crippen LogP contribution is 2.25. The van der Waals surface area contributed by atoms with E-state index in [1.165, 1.54) is 0 Å². The molecule has 0 aromatic heterocycles. The highest BCUT2D eigenvalue weighted by Gasteiger charge is 2.46. The first kappa shape index (κ1) is 15.8. The minimum atomic E-state index is -1.09. The van der Waals surface area contributed by atoms with Crippen LogP contribution in [-0.2, 0) is 14.2 Å². The van der Waals surface area contributed by atoms with E-state index in [0.29, 0.717) is 0 Å². The Labute approximate surface area is 107 Å². The van der Waals surface area contributed by atoms with E-state index in [-0.39, 0.29) is 18.8 Å². The first-order valence-corrected chi connectivity index (χ1v) is 6.30. The molecule has 5 unspecified atom stereocenters. The second-order valence-corrected chi connectivity index (χ2v) is 5.04. The monoisotopic (exact) mass is 264 g/mol. The molecule has 6 nitrogen and oxygen atoms in total. The van der Waals surface area contributed by atoms with Crippen LogP contribution in [0.2, 0.25) is 0 Å². The van der Waals surface area contributed by atoms with Gasteiger partial charge in [-0.05, 0) is 27.7 Å². The minimum absolute atomic E-state index is 0.140. The molecule has 0 spiro atoms. The summed E-state index contributed by atoms with van der Waals surface area (Å²) in [6.45, 7) is 6.88. The Kier molecular flexibility index (Phi) is 5.97. The molecule has 0 aromatic carbocycles. The molecule has 108 valence electrons. The third-order valence-corrected chi connectivity index (χ3v) is 2.66. The van der Waals surface area contributed by atoms with E-state index in [0.717, 1.165) is 0 Å². The van der Waals surface area contributed by atoms with Gasteiger partial charge in [0.15, 0.2) is 6.29 Å². The number of aliphatic hydroxyl groups is 3. The third kappa shape index (κ3) is 3.88. The largest absolute Gasteiger partial charge is 0.394 e. The van der Waals surface area contributed by atoms with Crippen molar-refractivity contribution in [3.63, 3.8) is 0 Å². The zero-order chi connectivity index (χ0) is 13.9. The van der Waals surface area contributed by atoms with Gasteiger partial charge >= 0.3 is 0 Å². The first-order chi connectivity index (χ1) is 8.36. The predicted octanol–water partition coefficient (Wildman–Crippen LogP) is -0.356. The summed E-state index contributed by atoms with van der Waals surface area (Å²) in [4.78, 5) is 0. The third-order valence-electron chi connectivity index (χ3n) is 2.66. The Balaban J connectivity index is 2.78. The molecule has 1 aliphatic rings. The quantitative estimate of drug-likeness (QED) is 0.629. The summed E-state index contributed by atoms with van der Waals surface area (Å²) in [5.41, 5.74) is 0. The van der Waals surface area contributed by atoms with Crippen LogP contribution in [0.25, 0.3) is 0 Å². The maximum absolute atomic E-state index is 10.1. The predicted molar refractivity (Wildman–Crippen MR) is 64.0 cm³/mol. The molecule has 0 amide bonds. The molecular weight excluding hydrogens is 240 g/mol. The molecule has 6 heteroatoms. The molecule has 1 aliphatic heterocycles. The Morgan fingerprint density at radius 3 is 2.00 bits per heavy atom. The van der Waals surface area contributed by atoms with Crippen LogP contribution in [0.15, 0.2) is 0 Å². The van der Waals surface area contributed by atoms with Crippen molar-refractivity contribution in [2.24, 2.45) is 0 Å². The fourth-order valence-electron chi connectivity index (χ4n) is 1.91. The lowest BCUT2D eigenvalue weighted by molar-refractivity contribution is -0.318. The van der Waals surface area contributed by atoms with Crippen molar-refractivity contribution in [2.45, 2.75) is 70.6 Å². The first-order valence-electron chi connectivity index (χ1n) is 6.30. The van der Waals surface area contributed by atoms with Crippen LogP contribution >= 0.6 is 0 Å². The van der Waals surface area contributed by atoms with Crippen LogP contribution in [-0.4, -0.2) is 64.8 Å². The van der Waals surface area contributed by atoms with Crippen LogP contribution in [0.3, 0.4) is 0 Å². The van der Waals surface area contributed by atoms with E-state index in [2.05, 4.69) is 0 Å². The summed E-state index contributed by atoms with van der Waals surface area (Å²) >= 11 is 0. The Morgan fingerprint density at radius 2 is 1.56 bits per heavy atom. The molecule has 0 bridgehead atoms. The number of aliphatic hydroxyl groups excluding tert-OH is 3. The zero-order valence-corrected chi connectivity index (χ0v) is 11.3. The second kappa shape index (κ2) is 6.79. The molecule has 0 aromatic rings. The molecule has 0 radical (unpaired) electrons. The van der Waals surface area contributed by atoms with Crippen molar-refractivity contribution in [1.29, 1.82) is 0 Å². The van der Waals surface area contributed by atoms with Gasteiger partial charge in [0.05, 0.1) is 18.8 Å². The van der Waals surface area contributed by atoms with Gasteiger partial charge < -0.3 is 29.5 Å². The highest BCUT2D eigenvalue weighted by atomic mass is 16.7. The molecule has 1 heterocycles.